The third kappa shape index (κ3) is 5.09. The second-order valence-corrected chi connectivity index (χ2v) is 18.1. The molecule has 1 aromatic heterocycles. The van der Waals surface area contributed by atoms with Crippen molar-refractivity contribution >= 4 is 118 Å². The first-order valence-electron chi connectivity index (χ1n) is 21.8. The molecule has 0 aliphatic rings. The van der Waals surface area contributed by atoms with E-state index in [1.165, 1.54) is 140 Å². The van der Waals surface area contributed by atoms with Crippen LogP contribution in [0.3, 0.4) is 0 Å². The van der Waals surface area contributed by atoms with E-state index in [4.69, 9.17) is 0 Å². The number of hydrogen-bond donors (Lipinski definition) is 0. The average molecular weight is 813 g/mol. The van der Waals surface area contributed by atoms with Crippen molar-refractivity contribution < 1.29 is 0 Å². The lowest BCUT2D eigenvalue weighted by atomic mass is 9.84. The van der Waals surface area contributed by atoms with Gasteiger partial charge < -0.3 is 0 Å². The predicted octanol–water partition coefficient (Wildman–Crippen LogP) is 18.3. The molecule has 14 rings (SSSR count). The van der Waals surface area contributed by atoms with Crippen LogP contribution >= 0.6 is 11.3 Å². The van der Waals surface area contributed by atoms with Crippen molar-refractivity contribution in [3.63, 3.8) is 0 Å². The van der Waals surface area contributed by atoms with Gasteiger partial charge in [-0.05, 0) is 144 Å². The van der Waals surface area contributed by atoms with Crippen molar-refractivity contribution in [2.45, 2.75) is 0 Å². The van der Waals surface area contributed by atoms with Crippen molar-refractivity contribution in [1.29, 1.82) is 0 Å². The van der Waals surface area contributed by atoms with Gasteiger partial charge in [0.15, 0.2) is 0 Å². The Morgan fingerprint density at radius 3 is 1.19 bits per heavy atom. The van der Waals surface area contributed by atoms with Gasteiger partial charge in [-0.15, -0.1) is 11.3 Å². The van der Waals surface area contributed by atoms with Gasteiger partial charge in [-0.3, -0.25) is 0 Å². The molecule has 14 aromatic rings. The summed E-state index contributed by atoms with van der Waals surface area (Å²) in [5.41, 5.74) is 7.53. The Bertz CT molecular complexity index is 4130. The first-order valence-corrected chi connectivity index (χ1v) is 22.6. The van der Waals surface area contributed by atoms with Crippen LogP contribution in [0.25, 0.3) is 140 Å². The molecule has 1 heteroatoms. The van der Waals surface area contributed by atoms with E-state index >= 15 is 0 Å². The van der Waals surface area contributed by atoms with Crippen LogP contribution in [0.15, 0.2) is 218 Å². The lowest BCUT2D eigenvalue weighted by molar-refractivity contribution is 1.65. The lowest BCUT2D eigenvalue weighted by Gasteiger charge is -2.19. The summed E-state index contributed by atoms with van der Waals surface area (Å²) >= 11 is 1.92. The number of hydrogen-bond acceptors (Lipinski definition) is 1. The maximum Gasteiger partial charge on any atom is 0.0433 e. The van der Waals surface area contributed by atoms with Crippen molar-refractivity contribution in [3.05, 3.63) is 218 Å². The average Bonchev–Trinajstić information content (AvgIpc) is 3.72. The third-order valence-electron chi connectivity index (χ3n) is 13.8. The first kappa shape index (κ1) is 34.8. The van der Waals surface area contributed by atoms with Crippen LogP contribution in [-0.4, -0.2) is 0 Å². The molecule has 0 aliphatic heterocycles. The monoisotopic (exact) mass is 812 g/mol. The summed E-state index contributed by atoms with van der Waals surface area (Å²) in [6.45, 7) is 0. The molecule has 0 radical (unpaired) electrons. The molecule has 0 N–H and O–H groups in total. The second kappa shape index (κ2) is 13.3. The molecule has 0 atom stereocenters. The quantitative estimate of drug-likeness (QED) is 0.123. The van der Waals surface area contributed by atoms with E-state index in [1.807, 2.05) is 11.3 Å². The topological polar surface area (TPSA) is 0 Å². The zero-order valence-corrected chi connectivity index (χ0v) is 35.0. The molecule has 0 bridgehead atoms. The Morgan fingerprint density at radius 1 is 0.206 bits per heavy atom. The standard InChI is InChI=1S/C62H36S/c1-6-18-45-37(13-1)29-32-53-57-35-55-47-20-8-7-19-46(47)54-34-42(30-31-48(54)56(55)36-58(57)63-62(45)53)61-51-23-11-9-21-49(51)60(50-22-10-12-24-52(50)61)39-27-25-38(26-28-39)59-43-16-4-2-14-40(43)33-41-15-3-5-17-44(41)59/h1-36H. The number of rotatable bonds is 3. The Hall–Kier alpha value is -7.84. The minimum Gasteiger partial charge on any atom is -0.135 e. The van der Waals surface area contributed by atoms with Crippen molar-refractivity contribution in [2.24, 2.45) is 0 Å². The number of thiophene rings is 1. The normalized spacial score (nSPS) is 12.1. The molecule has 0 saturated carbocycles. The van der Waals surface area contributed by atoms with Crippen LogP contribution in [0.5, 0.6) is 0 Å². The molecule has 0 saturated heterocycles. The number of benzene rings is 13. The van der Waals surface area contributed by atoms with E-state index in [1.54, 1.807) is 0 Å². The predicted molar refractivity (Wildman–Crippen MR) is 276 cm³/mol. The lowest BCUT2D eigenvalue weighted by Crippen LogP contribution is -1.92. The van der Waals surface area contributed by atoms with E-state index in [-0.39, 0.29) is 0 Å². The SMILES string of the molecule is c1ccc2c(-c3ccc(-c4c5ccccc5c(-c5ccc6c(c5)c5ccccc5c5cc7c(cc65)sc5c6ccccc6ccc75)c5ccccc45)cc3)c3ccccc3cc2c1. The molecule has 0 aliphatic carbocycles. The van der Waals surface area contributed by atoms with Gasteiger partial charge in [0.2, 0.25) is 0 Å². The van der Waals surface area contributed by atoms with Gasteiger partial charge in [-0.25, -0.2) is 0 Å². The molecule has 0 unspecified atom stereocenters. The molecule has 290 valence electrons. The van der Waals surface area contributed by atoms with Gasteiger partial charge in [0.05, 0.1) is 0 Å². The summed E-state index contributed by atoms with van der Waals surface area (Å²) in [6.07, 6.45) is 0. The summed E-state index contributed by atoms with van der Waals surface area (Å²) in [6, 6.07) is 81.8. The minimum absolute atomic E-state index is 1.22. The summed E-state index contributed by atoms with van der Waals surface area (Å²) in [7, 11) is 0. The van der Waals surface area contributed by atoms with Gasteiger partial charge in [0, 0.05) is 20.2 Å². The highest BCUT2D eigenvalue weighted by atomic mass is 32.1. The van der Waals surface area contributed by atoms with E-state index in [9.17, 15) is 0 Å². The van der Waals surface area contributed by atoms with Crippen LogP contribution in [0, 0.1) is 0 Å². The largest absolute Gasteiger partial charge is 0.135 e. The molecule has 0 spiro atoms. The second-order valence-electron chi connectivity index (χ2n) is 17.1. The fraction of sp³-hybridized carbons (Fsp3) is 0. The van der Waals surface area contributed by atoms with Gasteiger partial charge in [0.1, 0.15) is 0 Å². The fourth-order valence-electron chi connectivity index (χ4n) is 11.0. The van der Waals surface area contributed by atoms with Gasteiger partial charge >= 0.3 is 0 Å². The molecule has 13 aromatic carbocycles. The summed E-state index contributed by atoms with van der Waals surface area (Å²) in [4.78, 5) is 0. The molecule has 63 heavy (non-hydrogen) atoms. The molecular weight excluding hydrogens is 777 g/mol. The maximum absolute atomic E-state index is 2.47. The van der Waals surface area contributed by atoms with E-state index in [2.05, 4.69) is 218 Å². The van der Waals surface area contributed by atoms with Crippen molar-refractivity contribution in [2.75, 3.05) is 0 Å². The summed E-state index contributed by atoms with van der Waals surface area (Å²) < 4.78 is 2.70. The summed E-state index contributed by atoms with van der Waals surface area (Å²) in [5, 5.41) is 23.2. The van der Waals surface area contributed by atoms with Crippen LogP contribution in [-0.2, 0) is 0 Å². The fourth-order valence-corrected chi connectivity index (χ4v) is 12.2. The first-order chi connectivity index (χ1) is 31.2. The highest BCUT2D eigenvalue weighted by Gasteiger charge is 2.20. The van der Waals surface area contributed by atoms with Gasteiger partial charge in [0.25, 0.3) is 0 Å². The summed E-state index contributed by atoms with van der Waals surface area (Å²) in [5.74, 6) is 0. The van der Waals surface area contributed by atoms with Gasteiger partial charge in [-0.1, -0.05) is 194 Å². The van der Waals surface area contributed by atoms with Crippen LogP contribution in [0.1, 0.15) is 0 Å². The number of fused-ring (bicyclic) bond motifs is 15. The molecular formula is C62H36S. The van der Waals surface area contributed by atoms with Crippen molar-refractivity contribution in [1.82, 2.24) is 0 Å². The zero-order chi connectivity index (χ0) is 41.2. The van der Waals surface area contributed by atoms with E-state index in [0.717, 1.165) is 0 Å². The molecule has 0 fully saturated rings. The molecule has 1 heterocycles. The molecule has 0 amide bonds. The third-order valence-corrected chi connectivity index (χ3v) is 15.0. The van der Waals surface area contributed by atoms with E-state index in [0.29, 0.717) is 0 Å². The highest BCUT2D eigenvalue weighted by molar-refractivity contribution is 7.26. The minimum atomic E-state index is 1.22. The smallest absolute Gasteiger partial charge is 0.0433 e. The van der Waals surface area contributed by atoms with Gasteiger partial charge in [-0.2, -0.15) is 0 Å². The molecule has 0 nitrogen and oxygen atoms in total. The Kier molecular flexibility index (Phi) is 7.37. The van der Waals surface area contributed by atoms with Crippen LogP contribution < -0.4 is 0 Å². The highest BCUT2D eigenvalue weighted by Crippen LogP contribution is 2.48. The van der Waals surface area contributed by atoms with Crippen molar-refractivity contribution in [3.8, 4) is 33.4 Å². The van der Waals surface area contributed by atoms with Crippen LogP contribution in [0.2, 0.25) is 0 Å². The Labute approximate surface area is 367 Å². The Balaban J connectivity index is 0.979. The van der Waals surface area contributed by atoms with E-state index < -0.39 is 0 Å². The zero-order valence-electron chi connectivity index (χ0n) is 34.2. The Morgan fingerprint density at radius 2 is 0.603 bits per heavy atom. The maximum atomic E-state index is 2.47. The van der Waals surface area contributed by atoms with Crippen LogP contribution in [0.4, 0.5) is 0 Å².